The minimum Gasteiger partial charge on any atom is -0.481 e. The van der Waals surface area contributed by atoms with Gasteiger partial charge in [-0.1, -0.05) is 0 Å². The second kappa shape index (κ2) is 7.19. The first kappa shape index (κ1) is 17.9. The first-order valence-corrected chi connectivity index (χ1v) is 8.28. The smallest absolute Gasteiger partial charge is 0.306 e. The van der Waals surface area contributed by atoms with E-state index in [0.29, 0.717) is 12.8 Å². The van der Waals surface area contributed by atoms with Crippen LogP contribution in [0.5, 0.6) is 0 Å². The molecule has 0 aliphatic carbocycles. The SMILES string of the molecule is CC(C)NC(=O)CN(C)S(=O)(=O)N1CCC(C(=O)O)CC1. The topological polar surface area (TPSA) is 107 Å². The maximum Gasteiger partial charge on any atom is 0.306 e. The van der Waals surface area contributed by atoms with E-state index in [1.807, 2.05) is 0 Å². The first-order chi connectivity index (χ1) is 9.64. The van der Waals surface area contributed by atoms with Gasteiger partial charge in [0.05, 0.1) is 12.5 Å². The number of nitrogens with zero attached hydrogens (tertiary/aromatic N) is 2. The average molecular weight is 321 g/mol. The summed E-state index contributed by atoms with van der Waals surface area (Å²) in [7, 11) is -2.38. The molecule has 0 aromatic heterocycles. The molecule has 0 saturated carbocycles. The molecule has 9 heteroatoms. The summed E-state index contributed by atoms with van der Waals surface area (Å²) in [5.41, 5.74) is 0. The van der Waals surface area contributed by atoms with Gasteiger partial charge in [-0.2, -0.15) is 17.0 Å². The van der Waals surface area contributed by atoms with Gasteiger partial charge >= 0.3 is 5.97 Å². The number of nitrogens with one attached hydrogen (secondary N) is 1. The van der Waals surface area contributed by atoms with Gasteiger partial charge in [0, 0.05) is 26.2 Å². The molecular formula is C12H23N3O5S. The number of likely N-dealkylation sites (N-methyl/N-ethyl adjacent to an activating group) is 1. The highest BCUT2D eigenvalue weighted by Crippen LogP contribution is 2.20. The summed E-state index contributed by atoms with van der Waals surface area (Å²) < 4.78 is 26.8. The van der Waals surface area contributed by atoms with Gasteiger partial charge in [-0.25, -0.2) is 0 Å². The second-order valence-electron chi connectivity index (χ2n) is 5.50. The van der Waals surface area contributed by atoms with E-state index in [9.17, 15) is 18.0 Å². The van der Waals surface area contributed by atoms with Gasteiger partial charge in [-0.3, -0.25) is 9.59 Å². The normalized spacial score (nSPS) is 18.1. The third-order valence-corrected chi connectivity index (χ3v) is 5.27. The summed E-state index contributed by atoms with van der Waals surface area (Å²) in [4.78, 5) is 22.5. The van der Waals surface area contributed by atoms with Crippen molar-refractivity contribution in [3.8, 4) is 0 Å². The van der Waals surface area contributed by atoms with Gasteiger partial charge in [-0.05, 0) is 26.7 Å². The van der Waals surface area contributed by atoms with Crippen molar-refractivity contribution in [3.05, 3.63) is 0 Å². The van der Waals surface area contributed by atoms with E-state index in [0.717, 1.165) is 4.31 Å². The molecule has 1 saturated heterocycles. The molecule has 1 rings (SSSR count). The van der Waals surface area contributed by atoms with Crippen molar-refractivity contribution in [2.75, 3.05) is 26.7 Å². The average Bonchev–Trinajstić information content (AvgIpc) is 2.37. The molecule has 0 spiro atoms. The van der Waals surface area contributed by atoms with E-state index < -0.39 is 22.1 Å². The predicted molar refractivity (Wildman–Crippen MR) is 76.8 cm³/mol. The van der Waals surface area contributed by atoms with Crippen molar-refractivity contribution in [2.45, 2.75) is 32.7 Å². The van der Waals surface area contributed by atoms with E-state index in [-0.39, 0.29) is 31.6 Å². The van der Waals surface area contributed by atoms with Crippen molar-refractivity contribution in [1.29, 1.82) is 0 Å². The maximum atomic E-state index is 12.3. The van der Waals surface area contributed by atoms with Crippen LogP contribution in [0.4, 0.5) is 0 Å². The minimum atomic E-state index is -3.73. The highest BCUT2D eigenvalue weighted by molar-refractivity contribution is 7.86. The van der Waals surface area contributed by atoms with Crippen LogP contribution in [0.3, 0.4) is 0 Å². The third-order valence-electron chi connectivity index (χ3n) is 3.34. The molecule has 0 aromatic rings. The summed E-state index contributed by atoms with van der Waals surface area (Å²) >= 11 is 0. The Labute approximate surface area is 125 Å². The van der Waals surface area contributed by atoms with Crippen molar-refractivity contribution >= 4 is 22.1 Å². The van der Waals surface area contributed by atoms with Crippen LogP contribution in [-0.4, -0.2) is 66.7 Å². The Balaban J connectivity index is 2.61. The molecule has 0 aromatic carbocycles. The van der Waals surface area contributed by atoms with Crippen molar-refractivity contribution < 1.29 is 23.1 Å². The fourth-order valence-electron chi connectivity index (χ4n) is 2.18. The van der Waals surface area contributed by atoms with Crippen LogP contribution in [0, 0.1) is 5.92 Å². The fraction of sp³-hybridized carbons (Fsp3) is 0.833. The van der Waals surface area contributed by atoms with E-state index >= 15 is 0 Å². The van der Waals surface area contributed by atoms with Crippen LogP contribution in [0.25, 0.3) is 0 Å². The second-order valence-corrected chi connectivity index (χ2v) is 7.53. The predicted octanol–water partition coefficient (Wildman–Crippen LogP) is -0.516. The summed E-state index contributed by atoms with van der Waals surface area (Å²) in [6.07, 6.45) is 0.585. The van der Waals surface area contributed by atoms with Gasteiger partial charge in [0.2, 0.25) is 5.91 Å². The van der Waals surface area contributed by atoms with Gasteiger partial charge in [0.25, 0.3) is 10.2 Å². The van der Waals surface area contributed by atoms with Crippen LogP contribution in [0.1, 0.15) is 26.7 Å². The van der Waals surface area contributed by atoms with Gasteiger partial charge in [-0.15, -0.1) is 0 Å². The number of hydrogen-bond acceptors (Lipinski definition) is 4. The Morgan fingerprint density at radius 2 is 1.86 bits per heavy atom. The number of carbonyl (C=O) groups excluding carboxylic acids is 1. The zero-order chi connectivity index (χ0) is 16.2. The molecule has 8 nitrogen and oxygen atoms in total. The number of piperidine rings is 1. The molecule has 2 N–H and O–H groups in total. The lowest BCUT2D eigenvalue weighted by molar-refractivity contribution is -0.142. The Morgan fingerprint density at radius 1 is 1.33 bits per heavy atom. The molecule has 122 valence electrons. The first-order valence-electron chi connectivity index (χ1n) is 6.88. The lowest BCUT2D eigenvalue weighted by Gasteiger charge is -2.32. The largest absolute Gasteiger partial charge is 0.481 e. The van der Waals surface area contributed by atoms with Crippen molar-refractivity contribution in [1.82, 2.24) is 13.9 Å². The summed E-state index contributed by atoms with van der Waals surface area (Å²) in [5, 5.41) is 11.5. The lowest BCUT2D eigenvalue weighted by Crippen LogP contribution is -2.49. The maximum absolute atomic E-state index is 12.3. The van der Waals surface area contributed by atoms with Gasteiger partial charge in [0.15, 0.2) is 0 Å². The Hall–Kier alpha value is -1.19. The lowest BCUT2D eigenvalue weighted by atomic mass is 9.99. The Kier molecular flexibility index (Phi) is 6.11. The number of hydrogen-bond donors (Lipinski definition) is 2. The fourth-order valence-corrected chi connectivity index (χ4v) is 3.53. The number of carbonyl (C=O) groups is 2. The number of aliphatic carboxylic acids is 1. The molecule has 1 aliphatic heterocycles. The molecule has 0 bridgehead atoms. The monoisotopic (exact) mass is 321 g/mol. The molecule has 1 fully saturated rings. The van der Waals surface area contributed by atoms with E-state index in [1.165, 1.54) is 11.4 Å². The Morgan fingerprint density at radius 3 is 2.29 bits per heavy atom. The van der Waals surface area contributed by atoms with E-state index in [4.69, 9.17) is 5.11 Å². The highest BCUT2D eigenvalue weighted by atomic mass is 32.2. The summed E-state index contributed by atoms with van der Waals surface area (Å²) in [6, 6.07) is -0.0556. The van der Waals surface area contributed by atoms with E-state index in [1.54, 1.807) is 13.8 Å². The summed E-state index contributed by atoms with van der Waals surface area (Å²) in [6.45, 7) is 3.66. The van der Waals surface area contributed by atoms with Crippen molar-refractivity contribution in [2.24, 2.45) is 5.92 Å². The van der Waals surface area contributed by atoms with Gasteiger partial charge < -0.3 is 10.4 Å². The van der Waals surface area contributed by atoms with Crippen LogP contribution in [-0.2, 0) is 19.8 Å². The standard InChI is InChI=1S/C12H23N3O5S/c1-9(2)13-11(16)8-14(3)21(19,20)15-6-4-10(5-7-15)12(17)18/h9-10H,4-8H2,1-3H3,(H,13,16)(H,17,18). The molecule has 1 heterocycles. The zero-order valence-corrected chi connectivity index (χ0v) is 13.4. The van der Waals surface area contributed by atoms with Gasteiger partial charge in [0.1, 0.15) is 0 Å². The number of rotatable bonds is 6. The molecule has 1 amide bonds. The molecule has 0 radical (unpaired) electrons. The Bertz CT molecular complexity index is 483. The number of amides is 1. The molecule has 0 atom stereocenters. The van der Waals surface area contributed by atoms with Crippen LogP contribution < -0.4 is 5.32 Å². The van der Waals surface area contributed by atoms with E-state index in [2.05, 4.69) is 5.32 Å². The number of carboxylic acids is 1. The van der Waals surface area contributed by atoms with Crippen LogP contribution >= 0.6 is 0 Å². The minimum absolute atomic E-state index is 0.0556. The molecular weight excluding hydrogens is 298 g/mol. The zero-order valence-electron chi connectivity index (χ0n) is 12.6. The molecule has 21 heavy (non-hydrogen) atoms. The third kappa shape index (κ3) is 4.94. The summed E-state index contributed by atoms with van der Waals surface area (Å²) in [5.74, 6) is -1.75. The molecule has 1 aliphatic rings. The van der Waals surface area contributed by atoms with Crippen LogP contribution in [0.2, 0.25) is 0 Å². The number of carboxylic acid groups (broad SMARTS) is 1. The van der Waals surface area contributed by atoms with Crippen LogP contribution in [0.15, 0.2) is 0 Å². The highest BCUT2D eigenvalue weighted by Gasteiger charge is 2.33. The quantitative estimate of drug-likeness (QED) is 0.685. The molecule has 0 unspecified atom stereocenters. The van der Waals surface area contributed by atoms with Crippen molar-refractivity contribution in [3.63, 3.8) is 0 Å².